The molecule has 0 saturated carbocycles. The Morgan fingerprint density at radius 1 is 1.15 bits per heavy atom. The van der Waals surface area contributed by atoms with E-state index in [1.54, 1.807) is 25.1 Å². The van der Waals surface area contributed by atoms with Gasteiger partial charge in [-0.2, -0.15) is 0 Å². The van der Waals surface area contributed by atoms with Crippen LogP contribution >= 0.6 is 0 Å². The van der Waals surface area contributed by atoms with Crippen LogP contribution in [0.5, 0.6) is 11.5 Å². The van der Waals surface area contributed by atoms with E-state index in [-0.39, 0.29) is 16.2 Å². The van der Waals surface area contributed by atoms with Crippen LogP contribution in [0.2, 0.25) is 0 Å². The van der Waals surface area contributed by atoms with Crippen LogP contribution in [0.15, 0.2) is 44.4 Å². The van der Waals surface area contributed by atoms with Crippen molar-refractivity contribution >= 4 is 26.8 Å². The third kappa shape index (κ3) is 3.37. The molecule has 0 unspecified atom stereocenters. The first-order chi connectivity index (χ1) is 12.8. The summed E-state index contributed by atoms with van der Waals surface area (Å²) in [4.78, 5) is 11.9. The normalized spacial score (nSPS) is 11.6. The minimum atomic E-state index is -3.96. The molecule has 0 saturated heterocycles. The Bertz CT molecular complexity index is 1160. The molecule has 27 heavy (non-hydrogen) atoms. The van der Waals surface area contributed by atoms with E-state index in [0.29, 0.717) is 29.1 Å². The number of hydrogen-bond donors (Lipinski definition) is 1. The fraction of sp³-hybridized carbons (Fsp3) is 0.278. The van der Waals surface area contributed by atoms with Crippen molar-refractivity contribution in [3.05, 3.63) is 46.4 Å². The number of oxazole rings is 1. The van der Waals surface area contributed by atoms with Gasteiger partial charge in [0.05, 0.1) is 30.3 Å². The molecular weight excluding hydrogens is 372 g/mol. The summed E-state index contributed by atoms with van der Waals surface area (Å²) in [6.45, 7) is 3.90. The number of anilines is 1. The molecule has 0 spiro atoms. The van der Waals surface area contributed by atoms with Gasteiger partial charge in [-0.15, -0.1) is 0 Å². The highest BCUT2D eigenvalue weighted by molar-refractivity contribution is 7.92. The molecule has 0 bridgehead atoms. The Morgan fingerprint density at radius 2 is 1.89 bits per heavy atom. The molecule has 1 heterocycles. The van der Waals surface area contributed by atoms with Gasteiger partial charge in [0, 0.05) is 18.7 Å². The largest absolute Gasteiger partial charge is 0.497 e. The number of benzene rings is 2. The van der Waals surface area contributed by atoms with Crippen molar-refractivity contribution in [1.82, 2.24) is 4.57 Å². The average molecular weight is 392 g/mol. The van der Waals surface area contributed by atoms with Gasteiger partial charge in [-0.25, -0.2) is 13.2 Å². The van der Waals surface area contributed by atoms with Crippen LogP contribution in [0.1, 0.15) is 12.5 Å². The Labute approximate surface area is 156 Å². The van der Waals surface area contributed by atoms with Crippen molar-refractivity contribution in [2.45, 2.75) is 25.3 Å². The zero-order valence-corrected chi connectivity index (χ0v) is 16.2. The summed E-state index contributed by atoms with van der Waals surface area (Å²) in [6.07, 6.45) is 0. The highest BCUT2D eigenvalue weighted by Crippen LogP contribution is 2.32. The number of methoxy groups -OCH3 is 2. The summed E-state index contributed by atoms with van der Waals surface area (Å²) < 4.78 is 45.4. The monoisotopic (exact) mass is 392 g/mol. The maximum Gasteiger partial charge on any atom is 0.419 e. The molecule has 0 aliphatic rings. The number of rotatable bonds is 6. The van der Waals surface area contributed by atoms with Crippen LogP contribution in [-0.4, -0.2) is 27.2 Å². The van der Waals surface area contributed by atoms with Crippen LogP contribution in [0.4, 0.5) is 5.69 Å². The highest BCUT2D eigenvalue weighted by atomic mass is 32.2. The smallest absolute Gasteiger partial charge is 0.419 e. The lowest BCUT2D eigenvalue weighted by Gasteiger charge is -2.14. The fourth-order valence-corrected chi connectivity index (χ4v) is 4.18. The van der Waals surface area contributed by atoms with Crippen LogP contribution < -0.4 is 20.0 Å². The predicted octanol–water partition coefficient (Wildman–Crippen LogP) is 2.74. The fourth-order valence-electron chi connectivity index (χ4n) is 2.88. The van der Waals surface area contributed by atoms with Crippen LogP contribution in [0, 0.1) is 6.92 Å². The first-order valence-electron chi connectivity index (χ1n) is 8.19. The van der Waals surface area contributed by atoms with E-state index < -0.39 is 15.8 Å². The Hall–Kier alpha value is -2.94. The van der Waals surface area contributed by atoms with Gasteiger partial charge in [0.25, 0.3) is 10.0 Å². The topological polar surface area (TPSA) is 99.8 Å². The molecule has 0 radical (unpaired) electrons. The molecule has 3 rings (SSSR count). The second-order valence-electron chi connectivity index (χ2n) is 5.87. The molecule has 0 fully saturated rings. The molecule has 0 aliphatic carbocycles. The number of aryl methyl sites for hydroxylation is 2. The number of hydrogen-bond acceptors (Lipinski definition) is 6. The van der Waals surface area contributed by atoms with Crippen molar-refractivity contribution < 1.29 is 22.3 Å². The molecule has 0 aliphatic heterocycles. The Balaban J connectivity index is 2.10. The number of nitrogens with zero attached hydrogens (tertiary/aromatic N) is 1. The van der Waals surface area contributed by atoms with Crippen molar-refractivity contribution in [3.63, 3.8) is 0 Å². The van der Waals surface area contributed by atoms with Gasteiger partial charge in [0.2, 0.25) is 0 Å². The van der Waals surface area contributed by atoms with Crippen molar-refractivity contribution in [1.29, 1.82) is 0 Å². The second-order valence-corrected chi connectivity index (χ2v) is 7.52. The predicted molar refractivity (Wildman–Crippen MR) is 101 cm³/mol. The highest BCUT2D eigenvalue weighted by Gasteiger charge is 2.22. The average Bonchev–Trinajstić information content (AvgIpc) is 2.94. The van der Waals surface area contributed by atoms with Gasteiger partial charge < -0.3 is 13.9 Å². The number of sulfonamides is 1. The summed E-state index contributed by atoms with van der Waals surface area (Å²) in [7, 11) is -1.03. The van der Waals surface area contributed by atoms with E-state index in [0.717, 1.165) is 0 Å². The van der Waals surface area contributed by atoms with Gasteiger partial charge in [-0.05, 0) is 37.6 Å². The van der Waals surface area contributed by atoms with E-state index in [9.17, 15) is 13.2 Å². The van der Waals surface area contributed by atoms with Crippen LogP contribution in [0.3, 0.4) is 0 Å². The number of fused-ring (bicyclic) bond motifs is 1. The Kier molecular flexibility index (Phi) is 4.88. The molecule has 0 amide bonds. The Morgan fingerprint density at radius 3 is 2.52 bits per heavy atom. The van der Waals surface area contributed by atoms with Gasteiger partial charge >= 0.3 is 5.76 Å². The van der Waals surface area contributed by atoms with Gasteiger partial charge in [-0.3, -0.25) is 9.29 Å². The second kappa shape index (κ2) is 6.99. The standard InChI is InChI=1S/C18H20N2O6S/c1-5-20-14-8-11(2)17(10-16(14)26-18(20)21)27(22,23)19-13-9-12(24-3)6-7-15(13)25-4/h6-10,19H,5H2,1-4H3. The lowest BCUT2D eigenvalue weighted by atomic mass is 10.2. The molecule has 3 aromatic rings. The first-order valence-corrected chi connectivity index (χ1v) is 9.68. The molecule has 2 aromatic carbocycles. The zero-order chi connectivity index (χ0) is 19.8. The van der Waals surface area contributed by atoms with Gasteiger partial charge in [0.1, 0.15) is 11.5 Å². The lowest BCUT2D eigenvalue weighted by Crippen LogP contribution is -2.15. The third-order valence-electron chi connectivity index (χ3n) is 4.22. The number of aromatic nitrogens is 1. The lowest BCUT2D eigenvalue weighted by molar-refractivity contribution is 0.405. The molecule has 1 aromatic heterocycles. The van der Waals surface area contributed by atoms with Gasteiger partial charge in [0.15, 0.2) is 5.58 Å². The summed E-state index contributed by atoms with van der Waals surface area (Å²) >= 11 is 0. The maximum absolute atomic E-state index is 13.0. The van der Waals surface area contributed by atoms with Crippen molar-refractivity contribution in [2.75, 3.05) is 18.9 Å². The van der Waals surface area contributed by atoms with E-state index in [1.165, 1.54) is 30.9 Å². The number of ether oxygens (including phenoxy) is 2. The van der Waals surface area contributed by atoms with Crippen molar-refractivity contribution in [3.8, 4) is 11.5 Å². The third-order valence-corrected chi connectivity index (χ3v) is 5.73. The first kappa shape index (κ1) is 18.8. The van der Waals surface area contributed by atoms with E-state index >= 15 is 0 Å². The SMILES string of the molecule is CCn1c(=O)oc2cc(S(=O)(=O)Nc3cc(OC)ccc3OC)c(C)cc21. The zero-order valence-electron chi connectivity index (χ0n) is 15.4. The minimum Gasteiger partial charge on any atom is -0.497 e. The van der Waals surface area contributed by atoms with E-state index in [1.807, 2.05) is 6.92 Å². The summed E-state index contributed by atoms with van der Waals surface area (Å²) in [5, 5.41) is 0. The molecule has 0 atom stereocenters. The van der Waals surface area contributed by atoms with Crippen LogP contribution in [0.25, 0.3) is 11.1 Å². The van der Waals surface area contributed by atoms with E-state index in [4.69, 9.17) is 13.9 Å². The summed E-state index contributed by atoms with van der Waals surface area (Å²) in [6, 6.07) is 7.77. The van der Waals surface area contributed by atoms with Gasteiger partial charge in [-0.1, -0.05) is 0 Å². The van der Waals surface area contributed by atoms with E-state index in [2.05, 4.69) is 4.72 Å². The summed E-state index contributed by atoms with van der Waals surface area (Å²) in [5.74, 6) is 0.303. The molecule has 1 N–H and O–H groups in total. The summed E-state index contributed by atoms with van der Waals surface area (Å²) in [5.41, 5.74) is 1.49. The minimum absolute atomic E-state index is 0.0110. The maximum atomic E-state index is 13.0. The quantitative estimate of drug-likeness (QED) is 0.692. The van der Waals surface area contributed by atoms with Crippen LogP contribution in [-0.2, 0) is 16.6 Å². The molecule has 8 nitrogen and oxygen atoms in total. The molecule has 9 heteroatoms. The number of nitrogens with one attached hydrogen (secondary N) is 1. The molecular formula is C18H20N2O6S. The molecule has 144 valence electrons. The van der Waals surface area contributed by atoms with Crippen molar-refractivity contribution in [2.24, 2.45) is 0 Å².